The predicted octanol–water partition coefficient (Wildman–Crippen LogP) is 0.908. The van der Waals surface area contributed by atoms with E-state index in [1.54, 1.807) is 0 Å². The standard InChI is InChI=1S/C26H24N6O11S/c1-40-18-10-14(8-9-32(36)37)2-7-17(18)43-44(38,39)16-5-3-15(4-6-16)26(35)41-11-19-21(33)22(34)25(42-19)31-13-30-20-23(27)28-12-29-24(20)31/h2-10,12-13,19,21-22,25,33-34H,11H2,1H3,(H2,27,28,29)/b9-8+/t19-,21-,22-,25-/m1/s1. The molecule has 0 bridgehead atoms. The van der Waals surface area contributed by atoms with Crippen molar-refractivity contribution in [2.24, 2.45) is 0 Å². The lowest BCUT2D eigenvalue weighted by molar-refractivity contribution is -0.400. The van der Waals surface area contributed by atoms with Crippen molar-refractivity contribution in [3.8, 4) is 11.5 Å². The lowest BCUT2D eigenvalue weighted by Gasteiger charge is -2.16. The van der Waals surface area contributed by atoms with Crippen molar-refractivity contribution in [1.82, 2.24) is 19.5 Å². The van der Waals surface area contributed by atoms with Gasteiger partial charge < -0.3 is 34.3 Å². The summed E-state index contributed by atoms with van der Waals surface area (Å²) in [6, 6.07) is 8.70. The molecular weight excluding hydrogens is 604 g/mol. The highest BCUT2D eigenvalue weighted by atomic mass is 32.2. The monoisotopic (exact) mass is 628 g/mol. The number of aliphatic hydroxyl groups is 2. The van der Waals surface area contributed by atoms with Gasteiger partial charge in [-0.2, -0.15) is 8.42 Å². The van der Waals surface area contributed by atoms with Crippen molar-refractivity contribution in [3.63, 3.8) is 0 Å². The molecule has 5 rings (SSSR count). The van der Waals surface area contributed by atoms with Crippen LogP contribution in [-0.4, -0.2) is 81.1 Å². The zero-order valence-corrected chi connectivity index (χ0v) is 23.5. The maximum absolute atomic E-state index is 12.9. The zero-order valence-electron chi connectivity index (χ0n) is 22.7. The Kier molecular flexibility index (Phi) is 8.41. The van der Waals surface area contributed by atoms with Crippen LogP contribution in [0.3, 0.4) is 0 Å². The van der Waals surface area contributed by atoms with Gasteiger partial charge in [0.05, 0.1) is 23.9 Å². The third kappa shape index (κ3) is 6.13. The molecule has 0 spiro atoms. The van der Waals surface area contributed by atoms with Crippen molar-refractivity contribution in [2.45, 2.75) is 29.4 Å². The summed E-state index contributed by atoms with van der Waals surface area (Å²) >= 11 is 0. The number of esters is 1. The second-order valence-corrected chi connectivity index (χ2v) is 10.8. The summed E-state index contributed by atoms with van der Waals surface area (Å²) in [5.74, 6) is -0.876. The van der Waals surface area contributed by atoms with E-state index in [0.717, 1.165) is 18.3 Å². The highest BCUT2D eigenvalue weighted by Gasteiger charge is 2.45. The number of nitrogens with two attached hydrogens (primary N) is 1. The molecule has 1 fully saturated rings. The summed E-state index contributed by atoms with van der Waals surface area (Å²) in [5, 5.41) is 31.6. The van der Waals surface area contributed by atoms with Gasteiger partial charge in [-0.3, -0.25) is 14.7 Å². The maximum Gasteiger partial charge on any atom is 0.339 e. The first-order valence-electron chi connectivity index (χ1n) is 12.6. The number of carbonyl (C=O) groups excluding carboxylic acids is 1. The Bertz CT molecular complexity index is 1840. The summed E-state index contributed by atoms with van der Waals surface area (Å²) in [6.45, 7) is -0.437. The summed E-state index contributed by atoms with van der Waals surface area (Å²) in [5.41, 5.74) is 6.71. The number of nitro groups is 1. The van der Waals surface area contributed by atoms with E-state index < -0.39 is 52.2 Å². The van der Waals surface area contributed by atoms with Crippen LogP contribution in [0.1, 0.15) is 22.1 Å². The van der Waals surface area contributed by atoms with Gasteiger partial charge in [0.25, 0.3) is 0 Å². The highest BCUT2D eigenvalue weighted by molar-refractivity contribution is 7.87. The van der Waals surface area contributed by atoms with Gasteiger partial charge in [0.2, 0.25) is 6.20 Å². The van der Waals surface area contributed by atoms with Crippen molar-refractivity contribution >= 4 is 39.1 Å². The molecule has 4 N–H and O–H groups in total. The SMILES string of the molecule is COc1cc(/C=C/[N+](=O)[O-])ccc1OS(=O)(=O)c1ccc(C(=O)OC[C@H]2O[C@@H](n3cnc4c(N)ncnc43)[C@H](O)[C@@H]2O)cc1. The fourth-order valence-electron chi connectivity index (χ4n) is 4.32. The number of hydrogen-bond acceptors (Lipinski definition) is 15. The van der Waals surface area contributed by atoms with Crippen LogP contribution < -0.4 is 14.7 Å². The van der Waals surface area contributed by atoms with Crippen LogP contribution in [-0.2, 0) is 19.6 Å². The van der Waals surface area contributed by atoms with Gasteiger partial charge in [-0.05, 0) is 42.0 Å². The number of methoxy groups -OCH3 is 1. The number of aliphatic hydroxyl groups excluding tert-OH is 2. The van der Waals surface area contributed by atoms with E-state index in [4.69, 9.17) is 24.1 Å². The first-order chi connectivity index (χ1) is 21.0. The lowest BCUT2D eigenvalue weighted by Crippen LogP contribution is -2.34. The molecule has 4 atom stereocenters. The third-order valence-corrected chi connectivity index (χ3v) is 7.78. The number of nitrogens with zero attached hydrogens (tertiary/aromatic N) is 5. The molecule has 18 heteroatoms. The van der Waals surface area contributed by atoms with Gasteiger partial charge in [-0.25, -0.2) is 19.7 Å². The lowest BCUT2D eigenvalue weighted by atomic mass is 10.1. The van der Waals surface area contributed by atoms with Crippen molar-refractivity contribution in [3.05, 3.63) is 82.6 Å². The number of carbonyl (C=O) groups is 1. The quantitative estimate of drug-likeness (QED) is 0.0956. The molecule has 2 aromatic carbocycles. The number of nitrogen functional groups attached to an aromatic ring is 1. The molecule has 2 aromatic heterocycles. The molecule has 3 heterocycles. The number of imidazole rings is 1. The van der Waals surface area contributed by atoms with Gasteiger partial charge in [0.15, 0.2) is 29.2 Å². The van der Waals surface area contributed by atoms with E-state index in [-0.39, 0.29) is 38.9 Å². The van der Waals surface area contributed by atoms with E-state index in [0.29, 0.717) is 5.56 Å². The van der Waals surface area contributed by atoms with Crippen LogP contribution in [0.4, 0.5) is 5.82 Å². The smallest absolute Gasteiger partial charge is 0.339 e. The van der Waals surface area contributed by atoms with Gasteiger partial charge in [-0.15, -0.1) is 0 Å². The largest absolute Gasteiger partial charge is 0.493 e. The molecule has 1 aliphatic heterocycles. The molecule has 1 saturated heterocycles. The van der Waals surface area contributed by atoms with E-state index in [1.165, 1.54) is 60.7 Å². The topological polar surface area (TPSA) is 241 Å². The Morgan fingerprint density at radius 2 is 1.89 bits per heavy atom. The average Bonchev–Trinajstić information content (AvgIpc) is 3.56. The van der Waals surface area contributed by atoms with E-state index in [2.05, 4.69) is 15.0 Å². The molecule has 0 aliphatic carbocycles. The minimum Gasteiger partial charge on any atom is -0.493 e. The van der Waals surface area contributed by atoms with Crippen LogP contribution in [0.2, 0.25) is 0 Å². The molecule has 44 heavy (non-hydrogen) atoms. The van der Waals surface area contributed by atoms with Crippen molar-refractivity contribution < 1.29 is 46.7 Å². The van der Waals surface area contributed by atoms with Gasteiger partial charge >= 0.3 is 16.1 Å². The summed E-state index contributed by atoms with van der Waals surface area (Å²) in [4.78, 5) is 34.3. The molecule has 1 aliphatic rings. The van der Waals surface area contributed by atoms with Gasteiger partial charge in [0, 0.05) is 6.08 Å². The second kappa shape index (κ2) is 12.2. The predicted molar refractivity (Wildman–Crippen MR) is 149 cm³/mol. The van der Waals surface area contributed by atoms with Crippen molar-refractivity contribution in [2.75, 3.05) is 19.5 Å². The zero-order chi connectivity index (χ0) is 31.6. The summed E-state index contributed by atoms with van der Waals surface area (Å²) in [6.07, 6.45) is -0.598. The molecule has 0 amide bonds. The van der Waals surface area contributed by atoms with Crippen LogP contribution in [0.5, 0.6) is 11.5 Å². The average molecular weight is 629 g/mol. The number of ether oxygens (including phenoxy) is 3. The number of rotatable bonds is 10. The minimum atomic E-state index is -4.38. The van der Waals surface area contributed by atoms with Gasteiger partial charge in [-0.1, -0.05) is 6.07 Å². The normalized spacial score (nSPS) is 20.2. The molecule has 4 aromatic rings. The Morgan fingerprint density at radius 3 is 2.59 bits per heavy atom. The summed E-state index contributed by atoms with van der Waals surface area (Å²) in [7, 11) is -3.10. The first-order valence-corrected chi connectivity index (χ1v) is 14.1. The van der Waals surface area contributed by atoms with Crippen molar-refractivity contribution in [1.29, 1.82) is 0 Å². The number of fused-ring (bicyclic) bond motifs is 1. The first kappa shape index (κ1) is 30.3. The van der Waals surface area contributed by atoms with Crippen LogP contribution in [0.15, 0.2) is 66.2 Å². The molecule has 230 valence electrons. The van der Waals surface area contributed by atoms with Crippen LogP contribution in [0, 0.1) is 10.1 Å². The molecule has 17 nitrogen and oxygen atoms in total. The highest BCUT2D eigenvalue weighted by Crippen LogP contribution is 2.33. The maximum atomic E-state index is 12.9. The Labute approximate surface area is 248 Å². The van der Waals surface area contributed by atoms with Gasteiger partial charge in [0.1, 0.15) is 41.7 Å². The second-order valence-electron chi connectivity index (χ2n) is 9.30. The fourth-order valence-corrected chi connectivity index (χ4v) is 5.26. The molecule has 0 unspecified atom stereocenters. The van der Waals surface area contributed by atoms with E-state index in [1.807, 2.05) is 0 Å². The third-order valence-electron chi connectivity index (χ3n) is 6.53. The Hall–Kier alpha value is -5.17. The van der Waals surface area contributed by atoms with E-state index in [9.17, 15) is 33.5 Å². The number of hydrogen-bond donors (Lipinski definition) is 3. The minimum absolute atomic E-state index is 0.0131. The molecule has 0 saturated carbocycles. The molecule has 0 radical (unpaired) electrons. The summed E-state index contributed by atoms with van der Waals surface area (Å²) < 4.78 is 48.4. The van der Waals surface area contributed by atoms with E-state index >= 15 is 0 Å². The molecular formula is C26H24N6O11S. The number of aromatic nitrogens is 4. The Morgan fingerprint density at radius 1 is 1.14 bits per heavy atom. The Balaban J connectivity index is 1.22. The fraction of sp³-hybridized carbons (Fsp3) is 0.231. The van der Waals surface area contributed by atoms with Crippen LogP contribution >= 0.6 is 0 Å². The number of anilines is 1. The number of benzene rings is 2. The van der Waals surface area contributed by atoms with Crippen LogP contribution in [0.25, 0.3) is 17.2 Å².